The molecule has 0 unspecified atom stereocenters. The molecule has 0 spiro atoms. The number of nitrogens with zero attached hydrogens (tertiary/aromatic N) is 4. The Morgan fingerprint density at radius 2 is 2.12 bits per heavy atom. The number of anilines is 1. The molecular formula is C20H28N4O2. The standard InChI is InChI=1S/C20H28N4O2/c1-16-15-23(18-7-4-5-8-19(18)26-3)13-14-24(16)20(25)9-6-11-22-12-10-21-17(22)2/h4-5,7-8,10,12,16H,6,9,11,13-15H2,1-3H3/t16-/m1/s1. The van der Waals surface area contributed by atoms with Crippen LogP contribution < -0.4 is 9.64 Å². The number of aryl methyl sites for hydroxylation is 2. The lowest BCUT2D eigenvalue weighted by atomic mass is 10.1. The largest absolute Gasteiger partial charge is 0.495 e. The van der Waals surface area contributed by atoms with Crippen molar-refractivity contribution in [2.75, 3.05) is 31.6 Å². The number of methoxy groups -OCH3 is 1. The van der Waals surface area contributed by atoms with E-state index in [1.54, 1.807) is 13.3 Å². The molecule has 140 valence electrons. The van der Waals surface area contributed by atoms with Crippen molar-refractivity contribution < 1.29 is 9.53 Å². The van der Waals surface area contributed by atoms with Gasteiger partial charge in [-0.3, -0.25) is 4.79 Å². The van der Waals surface area contributed by atoms with Crippen LogP contribution in [0.5, 0.6) is 5.75 Å². The summed E-state index contributed by atoms with van der Waals surface area (Å²) >= 11 is 0. The molecule has 26 heavy (non-hydrogen) atoms. The van der Waals surface area contributed by atoms with E-state index in [0.717, 1.165) is 49.9 Å². The van der Waals surface area contributed by atoms with Crippen LogP contribution in [0.1, 0.15) is 25.6 Å². The molecule has 1 aliphatic heterocycles. The molecule has 1 aliphatic rings. The highest BCUT2D eigenvalue weighted by atomic mass is 16.5. The monoisotopic (exact) mass is 356 g/mol. The number of aromatic nitrogens is 2. The van der Waals surface area contributed by atoms with Gasteiger partial charge in [-0.2, -0.15) is 0 Å². The molecule has 1 saturated heterocycles. The summed E-state index contributed by atoms with van der Waals surface area (Å²) in [6, 6.07) is 8.26. The highest BCUT2D eigenvalue weighted by Gasteiger charge is 2.28. The van der Waals surface area contributed by atoms with E-state index in [4.69, 9.17) is 4.74 Å². The molecule has 0 saturated carbocycles. The summed E-state index contributed by atoms with van der Waals surface area (Å²) in [5.41, 5.74) is 1.10. The van der Waals surface area contributed by atoms with Crippen LogP contribution in [0.3, 0.4) is 0 Å². The first kappa shape index (κ1) is 18.3. The average Bonchev–Trinajstić information content (AvgIpc) is 3.06. The quantitative estimate of drug-likeness (QED) is 0.799. The number of amides is 1. The van der Waals surface area contributed by atoms with Crippen molar-refractivity contribution in [2.45, 2.75) is 39.3 Å². The van der Waals surface area contributed by atoms with Crippen LogP contribution in [0.15, 0.2) is 36.7 Å². The Kier molecular flexibility index (Phi) is 5.81. The number of benzene rings is 1. The lowest BCUT2D eigenvalue weighted by Gasteiger charge is -2.41. The Labute approximate surface area is 155 Å². The first-order chi connectivity index (χ1) is 12.6. The van der Waals surface area contributed by atoms with Crippen molar-refractivity contribution in [3.8, 4) is 5.75 Å². The van der Waals surface area contributed by atoms with Gasteiger partial charge in [0.15, 0.2) is 0 Å². The van der Waals surface area contributed by atoms with E-state index in [1.807, 2.05) is 36.2 Å². The zero-order valence-corrected chi connectivity index (χ0v) is 15.9. The molecule has 6 heteroatoms. The number of hydrogen-bond acceptors (Lipinski definition) is 4. The van der Waals surface area contributed by atoms with Crippen LogP contribution in [0.25, 0.3) is 0 Å². The summed E-state index contributed by atoms with van der Waals surface area (Å²) in [7, 11) is 1.70. The maximum absolute atomic E-state index is 12.6. The van der Waals surface area contributed by atoms with Crippen molar-refractivity contribution >= 4 is 11.6 Å². The Bertz CT molecular complexity index is 743. The van der Waals surface area contributed by atoms with Gasteiger partial charge in [0.1, 0.15) is 11.6 Å². The fourth-order valence-electron chi connectivity index (χ4n) is 3.62. The van der Waals surface area contributed by atoms with E-state index in [-0.39, 0.29) is 11.9 Å². The first-order valence-corrected chi connectivity index (χ1v) is 9.25. The van der Waals surface area contributed by atoms with Crippen LogP contribution in [-0.4, -0.2) is 53.1 Å². The SMILES string of the molecule is COc1ccccc1N1CCN(C(=O)CCCn2ccnc2C)[C@H](C)C1. The highest BCUT2D eigenvalue weighted by molar-refractivity contribution is 5.77. The number of rotatable bonds is 6. The predicted octanol–water partition coefficient (Wildman–Crippen LogP) is 2.72. The van der Waals surface area contributed by atoms with Gasteiger partial charge in [0.2, 0.25) is 5.91 Å². The Morgan fingerprint density at radius 1 is 1.31 bits per heavy atom. The minimum Gasteiger partial charge on any atom is -0.495 e. The van der Waals surface area contributed by atoms with Gasteiger partial charge in [0.05, 0.1) is 12.8 Å². The number of piperazine rings is 1. The number of ether oxygens (including phenoxy) is 1. The molecule has 0 bridgehead atoms. The van der Waals surface area contributed by atoms with Crippen molar-refractivity contribution in [1.29, 1.82) is 0 Å². The van der Waals surface area contributed by atoms with Crippen molar-refractivity contribution in [3.05, 3.63) is 42.5 Å². The van der Waals surface area contributed by atoms with E-state index in [2.05, 4.69) is 27.4 Å². The van der Waals surface area contributed by atoms with Crippen molar-refractivity contribution in [1.82, 2.24) is 14.5 Å². The van der Waals surface area contributed by atoms with Crippen molar-refractivity contribution in [3.63, 3.8) is 0 Å². The van der Waals surface area contributed by atoms with Gasteiger partial charge < -0.3 is 19.1 Å². The van der Waals surface area contributed by atoms with Crippen molar-refractivity contribution in [2.24, 2.45) is 0 Å². The Morgan fingerprint density at radius 3 is 2.81 bits per heavy atom. The number of carbonyl (C=O) groups excluding carboxylic acids is 1. The second kappa shape index (κ2) is 8.25. The third kappa shape index (κ3) is 4.00. The van der Waals surface area contributed by atoms with Gasteiger partial charge in [0.25, 0.3) is 0 Å². The van der Waals surface area contributed by atoms with Gasteiger partial charge in [0, 0.05) is 51.0 Å². The maximum atomic E-state index is 12.6. The molecule has 0 aliphatic carbocycles. The molecule has 0 radical (unpaired) electrons. The molecule has 2 aromatic rings. The molecule has 1 amide bonds. The van der Waals surface area contributed by atoms with Crippen LogP contribution >= 0.6 is 0 Å². The lowest BCUT2D eigenvalue weighted by Crippen LogP contribution is -2.54. The summed E-state index contributed by atoms with van der Waals surface area (Å²) in [5.74, 6) is 2.13. The molecule has 6 nitrogen and oxygen atoms in total. The molecule has 1 aromatic heterocycles. The topological polar surface area (TPSA) is 50.6 Å². The maximum Gasteiger partial charge on any atom is 0.222 e. The second-order valence-corrected chi connectivity index (χ2v) is 6.83. The van der Waals surface area contributed by atoms with Crippen LogP contribution in [0.4, 0.5) is 5.69 Å². The van der Waals surface area contributed by atoms with Gasteiger partial charge in [-0.05, 0) is 32.4 Å². The van der Waals surface area contributed by atoms with E-state index >= 15 is 0 Å². The lowest BCUT2D eigenvalue weighted by molar-refractivity contribution is -0.133. The average molecular weight is 356 g/mol. The molecule has 1 atom stereocenters. The first-order valence-electron chi connectivity index (χ1n) is 9.25. The number of hydrogen-bond donors (Lipinski definition) is 0. The van der Waals surface area contributed by atoms with E-state index in [9.17, 15) is 4.79 Å². The Hall–Kier alpha value is -2.50. The minimum atomic E-state index is 0.191. The molecule has 1 fully saturated rings. The fourth-order valence-corrected chi connectivity index (χ4v) is 3.62. The smallest absolute Gasteiger partial charge is 0.222 e. The van der Waals surface area contributed by atoms with E-state index < -0.39 is 0 Å². The molecule has 0 N–H and O–H groups in total. The Balaban J connectivity index is 1.53. The fraction of sp³-hybridized carbons (Fsp3) is 0.500. The molecule has 2 heterocycles. The number of carbonyl (C=O) groups is 1. The van der Waals surface area contributed by atoms with Crippen LogP contribution in [-0.2, 0) is 11.3 Å². The summed E-state index contributed by atoms with van der Waals surface area (Å²) in [6.45, 7) is 7.36. The molecular weight excluding hydrogens is 328 g/mol. The third-order valence-corrected chi connectivity index (χ3v) is 5.09. The third-order valence-electron chi connectivity index (χ3n) is 5.09. The zero-order chi connectivity index (χ0) is 18.5. The molecule has 3 rings (SSSR count). The van der Waals surface area contributed by atoms with Gasteiger partial charge in [-0.1, -0.05) is 12.1 Å². The number of para-hydroxylation sites is 2. The summed E-state index contributed by atoms with van der Waals surface area (Å²) in [6.07, 6.45) is 5.19. The van der Waals surface area contributed by atoms with E-state index in [0.29, 0.717) is 6.42 Å². The summed E-state index contributed by atoms with van der Waals surface area (Å²) < 4.78 is 7.57. The van der Waals surface area contributed by atoms with E-state index in [1.165, 1.54) is 0 Å². The summed E-state index contributed by atoms with van der Waals surface area (Å²) in [5, 5.41) is 0. The normalized spacial score (nSPS) is 17.4. The minimum absolute atomic E-state index is 0.191. The molecule has 1 aromatic carbocycles. The van der Waals surface area contributed by atoms with Crippen LogP contribution in [0.2, 0.25) is 0 Å². The zero-order valence-electron chi connectivity index (χ0n) is 15.9. The van der Waals surface area contributed by atoms with Gasteiger partial charge in [-0.25, -0.2) is 4.98 Å². The van der Waals surface area contributed by atoms with Gasteiger partial charge in [-0.15, -0.1) is 0 Å². The van der Waals surface area contributed by atoms with Gasteiger partial charge >= 0.3 is 0 Å². The predicted molar refractivity (Wildman–Crippen MR) is 103 cm³/mol. The highest BCUT2D eigenvalue weighted by Crippen LogP contribution is 2.29. The summed E-state index contributed by atoms with van der Waals surface area (Å²) in [4.78, 5) is 21.2. The second-order valence-electron chi connectivity index (χ2n) is 6.83. The van der Waals surface area contributed by atoms with Crippen LogP contribution in [0, 0.1) is 6.92 Å². The number of imidazole rings is 1.